The zero-order valence-electron chi connectivity index (χ0n) is 15.6. The highest BCUT2D eigenvalue weighted by molar-refractivity contribution is 5.80. The Labute approximate surface area is 152 Å². The lowest BCUT2D eigenvalue weighted by molar-refractivity contribution is 0.111. The molecule has 3 aromatic heterocycles. The molecule has 5 heteroatoms. The number of aliphatic hydroxyl groups is 1. The summed E-state index contributed by atoms with van der Waals surface area (Å²) in [7, 11) is 0. The van der Waals surface area contributed by atoms with Crippen LogP contribution < -0.4 is 5.56 Å². The van der Waals surface area contributed by atoms with Crippen LogP contribution in [0.3, 0.4) is 0 Å². The molecule has 0 spiro atoms. The van der Waals surface area contributed by atoms with Crippen molar-refractivity contribution in [2.45, 2.75) is 58.6 Å². The van der Waals surface area contributed by atoms with Crippen LogP contribution in [0.25, 0.3) is 16.9 Å². The number of hydrogen-bond acceptors (Lipinski definition) is 3. The highest BCUT2D eigenvalue weighted by Crippen LogP contribution is 2.30. The largest absolute Gasteiger partial charge is 0.393 e. The van der Waals surface area contributed by atoms with Gasteiger partial charge >= 0.3 is 0 Å². The van der Waals surface area contributed by atoms with Gasteiger partial charge in [0, 0.05) is 28.9 Å². The van der Waals surface area contributed by atoms with E-state index in [9.17, 15) is 9.90 Å². The molecular weight excluding hydrogens is 326 g/mol. The third-order valence-corrected chi connectivity index (χ3v) is 5.62. The van der Waals surface area contributed by atoms with Crippen molar-refractivity contribution >= 4 is 11.0 Å². The molecule has 0 amide bonds. The molecule has 4 rings (SSSR count). The molecule has 0 unspecified atom stereocenters. The molecule has 0 bridgehead atoms. The van der Waals surface area contributed by atoms with E-state index in [1.165, 1.54) is 0 Å². The Morgan fingerprint density at radius 3 is 2.31 bits per heavy atom. The number of hydrogen-bond donors (Lipinski definition) is 1. The zero-order chi connectivity index (χ0) is 18.4. The van der Waals surface area contributed by atoms with E-state index in [0.29, 0.717) is 0 Å². The second kappa shape index (κ2) is 6.40. The first-order valence-corrected chi connectivity index (χ1v) is 9.32. The van der Waals surface area contributed by atoms with Gasteiger partial charge in [-0.15, -0.1) is 0 Å². The predicted molar refractivity (Wildman–Crippen MR) is 103 cm³/mol. The van der Waals surface area contributed by atoms with Gasteiger partial charge in [-0.2, -0.15) is 0 Å². The zero-order valence-corrected chi connectivity index (χ0v) is 15.6. The normalized spacial score (nSPS) is 20.6. The maximum absolute atomic E-state index is 12.7. The van der Waals surface area contributed by atoms with E-state index in [1.54, 1.807) is 6.07 Å². The van der Waals surface area contributed by atoms with Crippen molar-refractivity contribution in [2.24, 2.45) is 0 Å². The summed E-state index contributed by atoms with van der Waals surface area (Å²) in [5.41, 5.74) is 4.10. The molecule has 3 aromatic rings. The molecule has 1 aliphatic rings. The van der Waals surface area contributed by atoms with Gasteiger partial charge in [0.1, 0.15) is 11.5 Å². The van der Waals surface area contributed by atoms with Gasteiger partial charge in [-0.05, 0) is 76.3 Å². The summed E-state index contributed by atoms with van der Waals surface area (Å²) in [4.78, 5) is 17.6. The Morgan fingerprint density at radius 2 is 1.65 bits per heavy atom. The summed E-state index contributed by atoms with van der Waals surface area (Å²) in [5, 5.41) is 10.8. The predicted octanol–water partition coefficient (Wildman–Crippen LogP) is 3.59. The molecule has 0 atom stereocenters. The van der Waals surface area contributed by atoms with E-state index >= 15 is 0 Å². The van der Waals surface area contributed by atoms with E-state index < -0.39 is 0 Å². The molecule has 0 saturated heterocycles. The van der Waals surface area contributed by atoms with Crippen molar-refractivity contribution in [3.63, 3.8) is 0 Å². The van der Waals surface area contributed by atoms with Crippen LogP contribution in [-0.4, -0.2) is 25.3 Å². The standard InChI is InChI=1S/C21H25N3O2/c1-13-12-19(23-14(2)4-5-15(23)3)22-21-18(13)10-11-20(26)24(21)16-6-8-17(25)9-7-16/h4-5,10-12,16-17,25H,6-9H2,1-3H3. The smallest absolute Gasteiger partial charge is 0.252 e. The fourth-order valence-corrected chi connectivity index (χ4v) is 4.19. The average molecular weight is 351 g/mol. The van der Waals surface area contributed by atoms with Crippen molar-refractivity contribution in [2.75, 3.05) is 0 Å². The van der Waals surface area contributed by atoms with Crippen molar-refractivity contribution in [1.82, 2.24) is 14.1 Å². The van der Waals surface area contributed by atoms with Crippen molar-refractivity contribution < 1.29 is 5.11 Å². The van der Waals surface area contributed by atoms with Gasteiger partial charge < -0.3 is 9.67 Å². The van der Waals surface area contributed by atoms with E-state index in [1.807, 2.05) is 10.6 Å². The van der Waals surface area contributed by atoms with Crippen LogP contribution in [0.2, 0.25) is 0 Å². The first kappa shape index (κ1) is 17.0. The molecule has 136 valence electrons. The lowest BCUT2D eigenvalue weighted by Crippen LogP contribution is -2.29. The summed E-state index contributed by atoms with van der Waals surface area (Å²) in [5.74, 6) is 0.852. The Balaban J connectivity index is 1.94. The number of nitrogens with zero attached hydrogens (tertiary/aromatic N) is 3. The second-order valence-electron chi connectivity index (χ2n) is 7.49. The van der Waals surface area contributed by atoms with Gasteiger partial charge in [0.25, 0.3) is 5.56 Å². The lowest BCUT2D eigenvalue weighted by Gasteiger charge is -2.28. The summed E-state index contributed by atoms with van der Waals surface area (Å²) in [6.45, 7) is 6.20. The Morgan fingerprint density at radius 1 is 1.00 bits per heavy atom. The average Bonchev–Trinajstić information content (AvgIpc) is 2.94. The number of fused-ring (bicyclic) bond motifs is 1. The number of rotatable bonds is 2. The maximum atomic E-state index is 12.7. The first-order valence-electron chi connectivity index (χ1n) is 9.32. The monoisotopic (exact) mass is 351 g/mol. The van der Waals surface area contributed by atoms with Crippen LogP contribution in [0.15, 0.2) is 35.1 Å². The van der Waals surface area contributed by atoms with Gasteiger partial charge in [-0.3, -0.25) is 9.36 Å². The maximum Gasteiger partial charge on any atom is 0.252 e. The van der Waals surface area contributed by atoms with Crippen molar-refractivity contribution in [1.29, 1.82) is 0 Å². The third-order valence-electron chi connectivity index (χ3n) is 5.62. The first-order chi connectivity index (χ1) is 12.5. The number of aryl methyl sites for hydroxylation is 3. The molecule has 0 aromatic carbocycles. The molecule has 1 N–H and O–H groups in total. The SMILES string of the molecule is Cc1cc(-n2c(C)ccc2C)nc2c1ccc(=O)n2C1CCC(O)CC1. The molecule has 26 heavy (non-hydrogen) atoms. The highest BCUT2D eigenvalue weighted by atomic mass is 16.3. The van der Waals surface area contributed by atoms with E-state index in [-0.39, 0.29) is 17.7 Å². The van der Waals surface area contributed by atoms with Crippen LogP contribution >= 0.6 is 0 Å². The van der Waals surface area contributed by atoms with Crippen LogP contribution in [-0.2, 0) is 0 Å². The van der Waals surface area contributed by atoms with Crippen LogP contribution in [0.1, 0.15) is 48.7 Å². The number of pyridine rings is 2. The Bertz CT molecular complexity index is 1000. The number of aliphatic hydroxyl groups excluding tert-OH is 1. The molecule has 1 fully saturated rings. The van der Waals surface area contributed by atoms with E-state index in [0.717, 1.165) is 59.5 Å². The van der Waals surface area contributed by atoms with Gasteiger partial charge in [0.15, 0.2) is 0 Å². The second-order valence-corrected chi connectivity index (χ2v) is 7.49. The highest BCUT2D eigenvalue weighted by Gasteiger charge is 2.24. The minimum Gasteiger partial charge on any atom is -0.393 e. The summed E-state index contributed by atoms with van der Waals surface area (Å²) in [6, 6.07) is 9.88. The molecule has 5 nitrogen and oxygen atoms in total. The molecular formula is C21H25N3O2. The Kier molecular flexibility index (Phi) is 4.19. The molecule has 0 aliphatic heterocycles. The quantitative estimate of drug-likeness (QED) is 0.767. The van der Waals surface area contributed by atoms with Gasteiger partial charge in [0.2, 0.25) is 0 Å². The Hall–Kier alpha value is -2.40. The van der Waals surface area contributed by atoms with Crippen LogP contribution in [0.5, 0.6) is 0 Å². The van der Waals surface area contributed by atoms with Crippen LogP contribution in [0.4, 0.5) is 0 Å². The van der Waals surface area contributed by atoms with Crippen LogP contribution in [0, 0.1) is 20.8 Å². The minimum atomic E-state index is -0.243. The lowest BCUT2D eigenvalue weighted by atomic mass is 9.92. The topological polar surface area (TPSA) is 60.0 Å². The van der Waals surface area contributed by atoms with Gasteiger partial charge in [-0.1, -0.05) is 0 Å². The van der Waals surface area contributed by atoms with Gasteiger partial charge in [-0.25, -0.2) is 4.98 Å². The fraction of sp³-hybridized carbons (Fsp3) is 0.429. The van der Waals surface area contributed by atoms with E-state index in [4.69, 9.17) is 4.98 Å². The minimum absolute atomic E-state index is 0.0103. The molecule has 0 radical (unpaired) electrons. The molecule has 1 saturated carbocycles. The third kappa shape index (κ3) is 2.76. The molecule has 3 heterocycles. The summed E-state index contributed by atoms with van der Waals surface area (Å²) in [6.07, 6.45) is 2.86. The van der Waals surface area contributed by atoms with Crippen molar-refractivity contribution in [3.05, 3.63) is 57.6 Å². The van der Waals surface area contributed by atoms with E-state index in [2.05, 4.69) is 43.5 Å². The summed E-state index contributed by atoms with van der Waals surface area (Å²) >= 11 is 0. The van der Waals surface area contributed by atoms with Crippen molar-refractivity contribution in [3.8, 4) is 5.82 Å². The number of aromatic nitrogens is 3. The summed E-state index contributed by atoms with van der Waals surface area (Å²) < 4.78 is 3.98. The fourth-order valence-electron chi connectivity index (χ4n) is 4.19. The van der Waals surface area contributed by atoms with Gasteiger partial charge in [0.05, 0.1) is 6.10 Å². The molecule has 1 aliphatic carbocycles.